The lowest BCUT2D eigenvalue weighted by Crippen LogP contribution is -2.35. The first-order chi connectivity index (χ1) is 18.3. The van der Waals surface area contributed by atoms with Gasteiger partial charge in [-0.2, -0.15) is 0 Å². The molecule has 2 aromatic carbocycles. The van der Waals surface area contributed by atoms with Crippen molar-refractivity contribution in [1.29, 1.82) is 0 Å². The minimum absolute atomic E-state index is 0.0598. The van der Waals surface area contributed by atoms with Crippen LogP contribution in [0.25, 0.3) is 0 Å². The van der Waals surface area contributed by atoms with E-state index in [1.807, 2.05) is 17.0 Å². The van der Waals surface area contributed by atoms with E-state index in [9.17, 15) is 9.59 Å². The molecule has 2 heterocycles. The number of carbonyl (C=O) groups excluding carboxylic acids is 2. The zero-order valence-corrected chi connectivity index (χ0v) is 22.8. The molecule has 4 rings (SSSR count). The zero-order valence-electron chi connectivity index (χ0n) is 22.8. The van der Waals surface area contributed by atoms with E-state index in [4.69, 9.17) is 4.74 Å². The van der Waals surface area contributed by atoms with E-state index in [1.165, 1.54) is 5.56 Å². The minimum Gasteiger partial charge on any atom is -0.497 e. The molecule has 0 radical (unpaired) electrons. The highest BCUT2D eigenvalue weighted by Crippen LogP contribution is 2.33. The number of benzene rings is 2. The lowest BCUT2D eigenvalue weighted by Gasteiger charge is -2.31. The Morgan fingerprint density at radius 2 is 1.79 bits per heavy atom. The Hall–Kier alpha value is -3.71. The van der Waals surface area contributed by atoms with E-state index in [0.29, 0.717) is 31.7 Å². The first-order valence-corrected chi connectivity index (χ1v) is 13.2. The fourth-order valence-corrected chi connectivity index (χ4v) is 4.80. The predicted molar refractivity (Wildman–Crippen MR) is 149 cm³/mol. The number of pyridine rings is 1. The Balaban J connectivity index is 1.45. The van der Waals surface area contributed by atoms with Gasteiger partial charge in [-0.25, -0.2) is 0 Å². The van der Waals surface area contributed by atoms with Crippen molar-refractivity contribution in [2.45, 2.75) is 45.2 Å². The average Bonchev–Trinajstić information content (AvgIpc) is 3.24. The second-order valence-corrected chi connectivity index (χ2v) is 10.8. The number of hydrogen-bond acceptors (Lipinski definition) is 5. The lowest BCUT2D eigenvalue weighted by molar-refractivity contribution is -0.128. The number of ether oxygens (including phenoxy) is 1. The van der Waals surface area contributed by atoms with Crippen molar-refractivity contribution in [3.63, 3.8) is 0 Å². The highest BCUT2D eigenvalue weighted by Gasteiger charge is 2.38. The van der Waals surface area contributed by atoms with Crippen molar-refractivity contribution >= 4 is 11.8 Å². The summed E-state index contributed by atoms with van der Waals surface area (Å²) in [5, 5.41) is 2.97. The van der Waals surface area contributed by atoms with E-state index in [-0.39, 0.29) is 23.4 Å². The fraction of sp³-hybridized carbons (Fsp3) is 0.387. The highest BCUT2D eigenvalue weighted by atomic mass is 16.5. The van der Waals surface area contributed by atoms with Crippen LogP contribution in [0.2, 0.25) is 0 Å². The van der Waals surface area contributed by atoms with Crippen LogP contribution >= 0.6 is 0 Å². The van der Waals surface area contributed by atoms with E-state index in [2.05, 4.69) is 72.4 Å². The summed E-state index contributed by atoms with van der Waals surface area (Å²) < 4.78 is 5.27. The minimum atomic E-state index is -0.135. The molecule has 0 aliphatic carbocycles. The maximum absolute atomic E-state index is 13.2. The number of aromatic nitrogens is 1. The number of amides is 2. The number of nitrogens with one attached hydrogen (secondary N) is 1. The van der Waals surface area contributed by atoms with E-state index < -0.39 is 0 Å². The molecule has 0 bridgehead atoms. The molecule has 7 nitrogen and oxygen atoms in total. The molecule has 0 spiro atoms. The van der Waals surface area contributed by atoms with Crippen molar-refractivity contribution in [2.75, 3.05) is 33.3 Å². The van der Waals surface area contributed by atoms with Crippen LogP contribution in [0.5, 0.6) is 5.75 Å². The van der Waals surface area contributed by atoms with Gasteiger partial charge in [0.1, 0.15) is 11.9 Å². The summed E-state index contributed by atoms with van der Waals surface area (Å²) in [6.45, 7) is 8.83. The van der Waals surface area contributed by atoms with Crippen molar-refractivity contribution < 1.29 is 14.3 Å². The Labute approximate surface area is 225 Å². The SMILES string of the molecule is COc1ccc(CCN2C(=O)CN(CCCNC(=O)c3cccnc3)C2c2ccc(C(C)(C)C)cc2)cc1. The van der Waals surface area contributed by atoms with Gasteiger partial charge in [0, 0.05) is 32.0 Å². The second kappa shape index (κ2) is 12.2. The maximum Gasteiger partial charge on any atom is 0.252 e. The predicted octanol–water partition coefficient (Wildman–Crippen LogP) is 4.59. The van der Waals surface area contributed by atoms with Crippen molar-refractivity contribution in [2.24, 2.45) is 0 Å². The third-order valence-electron chi connectivity index (χ3n) is 7.01. The van der Waals surface area contributed by atoms with Crippen LogP contribution in [-0.4, -0.2) is 59.9 Å². The molecule has 1 unspecified atom stereocenters. The van der Waals surface area contributed by atoms with E-state index in [1.54, 1.807) is 31.6 Å². The van der Waals surface area contributed by atoms with Gasteiger partial charge in [0.15, 0.2) is 0 Å². The molecule has 1 aliphatic rings. The van der Waals surface area contributed by atoms with Gasteiger partial charge in [-0.05, 0) is 59.2 Å². The van der Waals surface area contributed by atoms with Crippen LogP contribution in [0.3, 0.4) is 0 Å². The molecule has 1 N–H and O–H groups in total. The molecular weight excluding hydrogens is 476 g/mol. The third kappa shape index (κ3) is 6.78. The van der Waals surface area contributed by atoms with E-state index >= 15 is 0 Å². The van der Waals surface area contributed by atoms with Gasteiger partial charge in [-0.3, -0.25) is 19.5 Å². The van der Waals surface area contributed by atoms with Crippen LogP contribution in [0.1, 0.15) is 60.4 Å². The topological polar surface area (TPSA) is 74.8 Å². The van der Waals surface area contributed by atoms with Gasteiger partial charge in [-0.15, -0.1) is 0 Å². The van der Waals surface area contributed by atoms with Gasteiger partial charge in [0.05, 0.1) is 19.2 Å². The monoisotopic (exact) mass is 514 g/mol. The normalized spacial score (nSPS) is 16.1. The van der Waals surface area contributed by atoms with Crippen LogP contribution in [-0.2, 0) is 16.6 Å². The average molecular weight is 515 g/mol. The van der Waals surface area contributed by atoms with Crippen LogP contribution in [0, 0.1) is 0 Å². The summed E-state index contributed by atoms with van der Waals surface area (Å²) in [5.41, 5.74) is 4.14. The Kier molecular flexibility index (Phi) is 8.79. The molecule has 1 fully saturated rings. The third-order valence-corrected chi connectivity index (χ3v) is 7.01. The number of carbonyl (C=O) groups is 2. The van der Waals surface area contributed by atoms with Crippen molar-refractivity contribution in [1.82, 2.24) is 20.1 Å². The molecule has 1 atom stereocenters. The maximum atomic E-state index is 13.2. The summed E-state index contributed by atoms with van der Waals surface area (Å²) in [7, 11) is 1.66. The molecule has 2 amide bonds. The first-order valence-electron chi connectivity index (χ1n) is 13.2. The molecular formula is C31H38N4O3. The van der Waals surface area contributed by atoms with Gasteiger partial charge in [-0.1, -0.05) is 57.2 Å². The van der Waals surface area contributed by atoms with Crippen LogP contribution in [0.4, 0.5) is 0 Å². The number of rotatable bonds is 10. The Bertz CT molecular complexity index is 1200. The smallest absolute Gasteiger partial charge is 0.252 e. The van der Waals surface area contributed by atoms with Gasteiger partial charge >= 0.3 is 0 Å². The lowest BCUT2D eigenvalue weighted by atomic mass is 9.86. The standard InChI is InChI=1S/C31H38N4O3/c1-31(2,3)26-12-10-24(11-13-26)30-34(19-6-18-33-29(37)25-7-5-17-32-21-25)22-28(36)35(30)20-16-23-8-14-27(38-4)15-9-23/h5,7-15,17,21,30H,6,16,18-20,22H2,1-4H3,(H,33,37). The molecule has 200 valence electrons. The molecule has 1 aliphatic heterocycles. The first kappa shape index (κ1) is 27.3. The summed E-state index contributed by atoms with van der Waals surface area (Å²) in [6, 6.07) is 20.2. The van der Waals surface area contributed by atoms with Crippen molar-refractivity contribution in [3.05, 3.63) is 95.3 Å². The number of hydrogen-bond donors (Lipinski definition) is 1. The van der Waals surface area contributed by atoms with Gasteiger partial charge < -0.3 is 15.0 Å². The molecule has 1 aromatic heterocycles. The molecule has 1 saturated heterocycles. The van der Waals surface area contributed by atoms with Crippen molar-refractivity contribution in [3.8, 4) is 5.75 Å². The summed E-state index contributed by atoms with van der Waals surface area (Å²) in [6.07, 6.45) is 4.58. The van der Waals surface area contributed by atoms with Gasteiger partial charge in [0.25, 0.3) is 5.91 Å². The number of nitrogens with zero attached hydrogens (tertiary/aromatic N) is 3. The number of methoxy groups -OCH3 is 1. The largest absolute Gasteiger partial charge is 0.497 e. The molecule has 3 aromatic rings. The summed E-state index contributed by atoms with van der Waals surface area (Å²) >= 11 is 0. The quantitative estimate of drug-likeness (QED) is 0.401. The summed E-state index contributed by atoms with van der Waals surface area (Å²) in [5.74, 6) is 0.818. The molecule has 38 heavy (non-hydrogen) atoms. The van der Waals surface area contributed by atoms with Crippen LogP contribution in [0.15, 0.2) is 73.1 Å². The zero-order chi connectivity index (χ0) is 27.1. The summed E-state index contributed by atoms with van der Waals surface area (Å²) in [4.78, 5) is 33.8. The molecule has 7 heteroatoms. The Morgan fingerprint density at radius 3 is 2.42 bits per heavy atom. The Morgan fingerprint density at radius 1 is 1.05 bits per heavy atom. The molecule has 0 saturated carbocycles. The fourth-order valence-electron chi connectivity index (χ4n) is 4.80. The van der Waals surface area contributed by atoms with E-state index in [0.717, 1.165) is 29.7 Å². The highest BCUT2D eigenvalue weighted by molar-refractivity contribution is 5.93. The second-order valence-electron chi connectivity index (χ2n) is 10.8. The van der Waals surface area contributed by atoms with Crippen LogP contribution < -0.4 is 10.1 Å². The van der Waals surface area contributed by atoms with Gasteiger partial charge in [0.2, 0.25) is 5.91 Å².